The van der Waals surface area contributed by atoms with Gasteiger partial charge in [-0.25, -0.2) is 4.79 Å². The average molecular weight is 461 g/mol. The lowest BCUT2D eigenvalue weighted by Gasteiger charge is -2.26. The molecule has 0 bridgehead atoms. The van der Waals surface area contributed by atoms with Crippen LogP contribution in [-0.2, 0) is 14.3 Å². The van der Waals surface area contributed by atoms with Gasteiger partial charge in [0.2, 0.25) is 5.91 Å². The zero-order chi connectivity index (χ0) is 23.8. The van der Waals surface area contributed by atoms with Crippen molar-refractivity contribution >= 4 is 18.0 Å². The van der Waals surface area contributed by atoms with Gasteiger partial charge in [-0.15, -0.1) is 0 Å². The maximum atomic E-state index is 12.9. The first-order chi connectivity index (χ1) is 16.4. The zero-order valence-corrected chi connectivity index (χ0v) is 19.0. The Bertz CT molecular complexity index is 1110. The predicted molar refractivity (Wildman–Crippen MR) is 126 cm³/mol. The summed E-state index contributed by atoms with van der Waals surface area (Å²) in [5.41, 5.74) is 4.66. The first-order valence-electron chi connectivity index (χ1n) is 11.8. The van der Waals surface area contributed by atoms with Crippen molar-refractivity contribution in [1.82, 2.24) is 10.2 Å². The van der Waals surface area contributed by atoms with Gasteiger partial charge in [-0.1, -0.05) is 60.7 Å². The molecule has 2 aromatic carbocycles. The Labute approximate surface area is 198 Å². The number of nitrogens with zero attached hydrogens (tertiary/aromatic N) is 1. The molecule has 1 aliphatic heterocycles. The van der Waals surface area contributed by atoms with Crippen LogP contribution in [0.3, 0.4) is 0 Å². The van der Waals surface area contributed by atoms with Gasteiger partial charge in [-0.3, -0.25) is 9.59 Å². The number of carboxylic acids is 1. The van der Waals surface area contributed by atoms with Crippen molar-refractivity contribution in [3.8, 4) is 11.1 Å². The highest BCUT2D eigenvalue weighted by atomic mass is 16.5. The van der Waals surface area contributed by atoms with E-state index < -0.39 is 18.0 Å². The number of carbonyl (C=O) groups excluding carboxylic acids is 2. The molecular formula is C27H28N2O5. The number of nitrogens with one attached hydrogen (secondary N) is 1. The Morgan fingerprint density at radius 2 is 1.68 bits per heavy atom. The number of carboxylic acid groups (broad SMARTS) is 1. The van der Waals surface area contributed by atoms with E-state index in [1.807, 2.05) is 30.3 Å². The van der Waals surface area contributed by atoms with E-state index in [1.165, 1.54) is 11.1 Å². The number of alkyl carbamates (subject to hydrolysis) is 1. The van der Waals surface area contributed by atoms with Crippen LogP contribution in [0.4, 0.5) is 4.79 Å². The minimum atomic E-state index is -0.862. The summed E-state index contributed by atoms with van der Waals surface area (Å²) < 4.78 is 5.61. The summed E-state index contributed by atoms with van der Waals surface area (Å²) >= 11 is 0. The van der Waals surface area contributed by atoms with Gasteiger partial charge in [0.25, 0.3) is 0 Å². The molecule has 176 valence electrons. The molecule has 0 aromatic heterocycles. The van der Waals surface area contributed by atoms with E-state index in [0.29, 0.717) is 19.4 Å². The number of benzene rings is 2. The van der Waals surface area contributed by atoms with Crippen molar-refractivity contribution < 1.29 is 24.2 Å². The second-order valence-corrected chi connectivity index (χ2v) is 9.31. The van der Waals surface area contributed by atoms with E-state index in [4.69, 9.17) is 4.74 Å². The number of rotatable bonds is 5. The van der Waals surface area contributed by atoms with Gasteiger partial charge >= 0.3 is 12.1 Å². The largest absolute Gasteiger partial charge is 0.481 e. The molecule has 4 unspecified atom stereocenters. The highest BCUT2D eigenvalue weighted by molar-refractivity contribution is 5.84. The summed E-state index contributed by atoms with van der Waals surface area (Å²) in [6.07, 6.45) is 4.03. The van der Waals surface area contributed by atoms with E-state index in [-0.39, 0.29) is 36.4 Å². The van der Waals surface area contributed by atoms with E-state index in [1.54, 1.807) is 17.9 Å². The molecule has 5 rings (SSSR count). The number of carbonyl (C=O) groups is 3. The summed E-state index contributed by atoms with van der Waals surface area (Å²) in [4.78, 5) is 38.5. The van der Waals surface area contributed by atoms with Crippen LogP contribution in [0.25, 0.3) is 11.1 Å². The molecule has 2 N–H and O–H groups in total. The average Bonchev–Trinajstić information content (AvgIpc) is 3.53. The number of likely N-dealkylation sites (tertiary alicyclic amines) is 1. The molecule has 1 fully saturated rings. The number of hydrogen-bond acceptors (Lipinski definition) is 4. The zero-order valence-electron chi connectivity index (χ0n) is 19.0. The molecule has 2 aromatic rings. The minimum absolute atomic E-state index is 0.00886. The lowest BCUT2D eigenvalue weighted by molar-refractivity contribution is -0.143. The van der Waals surface area contributed by atoms with Crippen LogP contribution in [-0.4, -0.2) is 53.2 Å². The molecule has 34 heavy (non-hydrogen) atoms. The summed E-state index contributed by atoms with van der Waals surface area (Å²) in [6, 6.07) is 15.7. The summed E-state index contributed by atoms with van der Waals surface area (Å²) in [6.45, 7) is 2.47. The number of aliphatic carboxylic acids is 1. The van der Waals surface area contributed by atoms with Crippen molar-refractivity contribution in [2.45, 2.75) is 37.8 Å². The fourth-order valence-electron chi connectivity index (χ4n) is 5.57. The van der Waals surface area contributed by atoms with Gasteiger partial charge in [0, 0.05) is 18.5 Å². The molecule has 0 radical (unpaired) electrons. The lowest BCUT2D eigenvalue weighted by Crippen LogP contribution is -2.41. The molecule has 0 saturated carbocycles. The quantitative estimate of drug-likeness (QED) is 0.662. The lowest BCUT2D eigenvalue weighted by atomic mass is 9.98. The van der Waals surface area contributed by atoms with Crippen molar-refractivity contribution in [2.24, 2.45) is 11.8 Å². The van der Waals surface area contributed by atoms with Gasteiger partial charge in [-0.05, 0) is 42.0 Å². The Morgan fingerprint density at radius 3 is 2.29 bits per heavy atom. The van der Waals surface area contributed by atoms with Gasteiger partial charge in [0.1, 0.15) is 6.61 Å². The molecule has 2 amide bonds. The van der Waals surface area contributed by atoms with Crippen LogP contribution in [0.15, 0.2) is 60.7 Å². The molecule has 7 nitrogen and oxygen atoms in total. The van der Waals surface area contributed by atoms with Crippen molar-refractivity contribution in [3.05, 3.63) is 71.8 Å². The Hall–Kier alpha value is -3.61. The summed E-state index contributed by atoms with van der Waals surface area (Å²) in [5, 5.41) is 12.2. The highest BCUT2D eigenvalue weighted by Gasteiger charge is 2.41. The first kappa shape index (κ1) is 22.2. The fourth-order valence-corrected chi connectivity index (χ4v) is 5.57. The molecule has 7 heteroatoms. The third-order valence-electron chi connectivity index (χ3n) is 7.40. The van der Waals surface area contributed by atoms with Crippen LogP contribution >= 0.6 is 0 Å². The van der Waals surface area contributed by atoms with Crippen LogP contribution < -0.4 is 5.32 Å². The maximum Gasteiger partial charge on any atom is 0.407 e. The topological polar surface area (TPSA) is 95.9 Å². The monoisotopic (exact) mass is 460 g/mol. The van der Waals surface area contributed by atoms with E-state index >= 15 is 0 Å². The van der Waals surface area contributed by atoms with Crippen molar-refractivity contribution in [3.63, 3.8) is 0 Å². The third kappa shape index (κ3) is 3.95. The van der Waals surface area contributed by atoms with Gasteiger partial charge in [-0.2, -0.15) is 0 Å². The Morgan fingerprint density at radius 1 is 1.03 bits per heavy atom. The smallest absolute Gasteiger partial charge is 0.407 e. The number of hydrogen-bond donors (Lipinski definition) is 2. The molecular weight excluding hydrogens is 432 g/mol. The van der Waals surface area contributed by atoms with Crippen LogP contribution in [0, 0.1) is 11.8 Å². The van der Waals surface area contributed by atoms with Gasteiger partial charge in [0.05, 0.1) is 17.9 Å². The Balaban J connectivity index is 1.15. The summed E-state index contributed by atoms with van der Waals surface area (Å²) in [5.74, 6) is -1.84. The fraction of sp³-hybridized carbons (Fsp3) is 0.370. The number of fused-ring (bicyclic) bond motifs is 3. The molecule has 1 saturated heterocycles. The van der Waals surface area contributed by atoms with Crippen molar-refractivity contribution in [2.75, 3.05) is 13.2 Å². The van der Waals surface area contributed by atoms with E-state index in [2.05, 4.69) is 29.6 Å². The maximum absolute atomic E-state index is 12.9. The van der Waals surface area contributed by atoms with E-state index in [0.717, 1.165) is 11.1 Å². The molecule has 4 atom stereocenters. The molecule has 3 aliphatic rings. The van der Waals surface area contributed by atoms with Crippen LogP contribution in [0.5, 0.6) is 0 Å². The molecule has 1 heterocycles. The Kier molecular flexibility index (Phi) is 5.86. The first-order valence-corrected chi connectivity index (χ1v) is 11.8. The number of ether oxygens (including phenoxy) is 1. The van der Waals surface area contributed by atoms with Crippen LogP contribution in [0.1, 0.15) is 36.8 Å². The second kappa shape index (κ2) is 8.97. The van der Waals surface area contributed by atoms with E-state index in [9.17, 15) is 19.5 Å². The minimum Gasteiger partial charge on any atom is -0.481 e. The second-order valence-electron chi connectivity index (χ2n) is 9.31. The molecule has 2 aliphatic carbocycles. The predicted octanol–water partition coefficient (Wildman–Crippen LogP) is 3.79. The summed E-state index contributed by atoms with van der Waals surface area (Å²) in [7, 11) is 0. The molecule has 0 spiro atoms. The normalized spacial score (nSPS) is 25.1. The van der Waals surface area contributed by atoms with Crippen LogP contribution in [0.2, 0.25) is 0 Å². The standard InChI is InChI=1S/C27H28N2O5/c1-16-19(26(31)32)12-13-29(16)25(30)17-10-11-18(14-17)28-27(33)34-15-24-22-8-4-2-6-20(22)21-7-3-5-9-23(21)24/h2-11,16-19,24H,12-15H2,1H3,(H,28,33)(H,31,32). The third-order valence-corrected chi connectivity index (χ3v) is 7.40. The highest BCUT2D eigenvalue weighted by Crippen LogP contribution is 2.44. The SMILES string of the molecule is CC1C(C(=O)O)CCN1C(=O)C1C=CC(NC(=O)OCC2c3ccccc3-c3ccccc32)C1. The van der Waals surface area contributed by atoms with Crippen molar-refractivity contribution in [1.29, 1.82) is 0 Å². The van der Waals surface area contributed by atoms with Gasteiger partial charge < -0.3 is 20.1 Å². The van der Waals surface area contributed by atoms with Gasteiger partial charge in [0.15, 0.2) is 0 Å². The number of amides is 2.